The second-order valence-corrected chi connectivity index (χ2v) is 4.90. The minimum atomic E-state index is -0.856. The Morgan fingerprint density at radius 2 is 2.31 bits per heavy atom. The second-order valence-electron chi connectivity index (χ2n) is 3.84. The van der Waals surface area contributed by atoms with Crippen molar-refractivity contribution in [3.8, 4) is 0 Å². The molecular formula is C12H14O3S. The summed E-state index contributed by atoms with van der Waals surface area (Å²) >= 11 is 1.61. The fourth-order valence-corrected chi connectivity index (χ4v) is 2.86. The first kappa shape index (κ1) is 11.5. The first-order valence-corrected chi connectivity index (χ1v) is 6.29. The van der Waals surface area contributed by atoms with Gasteiger partial charge in [0.1, 0.15) is 0 Å². The molecule has 1 aromatic carbocycles. The quantitative estimate of drug-likeness (QED) is 0.819. The largest absolute Gasteiger partial charge is 0.478 e. The molecule has 1 aromatic rings. The Kier molecular flexibility index (Phi) is 3.85. The van der Waals surface area contributed by atoms with E-state index in [0.717, 1.165) is 30.3 Å². The van der Waals surface area contributed by atoms with Crippen molar-refractivity contribution < 1.29 is 14.6 Å². The van der Waals surface area contributed by atoms with Crippen LogP contribution in [0.1, 0.15) is 16.8 Å². The van der Waals surface area contributed by atoms with E-state index in [-0.39, 0.29) is 0 Å². The maximum Gasteiger partial charge on any atom is 0.336 e. The summed E-state index contributed by atoms with van der Waals surface area (Å²) in [6.07, 6.45) is 1.09. The lowest BCUT2D eigenvalue weighted by Crippen LogP contribution is -2.04. The Morgan fingerprint density at radius 3 is 3.00 bits per heavy atom. The van der Waals surface area contributed by atoms with Gasteiger partial charge in [-0.05, 0) is 24.5 Å². The Hall–Kier alpha value is -1.00. The van der Waals surface area contributed by atoms with Gasteiger partial charge in [0.25, 0.3) is 0 Å². The van der Waals surface area contributed by atoms with Crippen LogP contribution in [0, 0.1) is 5.92 Å². The van der Waals surface area contributed by atoms with Crippen LogP contribution in [0.25, 0.3) is 0 Å². The maximum atomic E-state index is 11.0. The standard InChI is InChI=1S/C12H14O3S/c13-12(14)10-3-1-2-4-11(10)16-8-9-5-6-15-7-9/h1-4,9H,5-8H2,(H,13,14). The van der Waals surface area contributed by atoms with Crippen molar-refractivity contribution in [1.82, 2.24) is 0 Å². The van der Waals surface area contributed by atoms with Crippen molar-refractivity contribution in [2.75, 3.05) is 19.0 Å². The average Bonchev–Trinajstić information content (AvgIpc) is 2.79. The lowest BCUT2D eigenvalue weighted by Gasteiger charge is -2.08. The first-order valence-electron chi connectivity index (χ1n) is 5.30. The van der Waals surface area contributed by atoms with Gasteiger partial charge in [0.2, 0.25) is 0 Å². The van der Waals surface area contributed by atoms with Crippen LogP contribution < -0.4 is 0 Å². The first-order chi connectivity index (χ1) is 7.77. The highest BCUT2D eigenvalue weighted by molar-refractivity contribution is 7.99. The van der Waals surface area contributed by atoms with Crippen molar-refractivity contribution >= 4 is 17.7 Å². The molecule has 86 valence electrons. The zero-order valence-electron chi connectivity index (χ0n) is 8.89. The number of hydrogen-bond donors (Lipinski definition) is 1. The monoisotopic (exact) mass is 238 g/mol. The lowest BCUT2D eigenvalue weighted by molar-refractivity contribution is 0.0693. The van der Waals surface area contributed by atoms with Gasteiger partial charge in [-0.3, -0.25) is 0 Å². The molecule has 2 rings (SSSR count). The van der Waals surface area contributed by atoms with Gasteiger partial charge in [0, 0.05) is 17.3 Å². The summed E-state index contributed by atoms with van der Waals surface area (Å²) in [7, 11) is 0. The second kappa shape index (κ2) is 5.37. The summed E-state index contributed by atoms with van der Waals surface area (Å²) in [6.45, 7) is 1.65. The summed E-state index contributed by atoms with van der Waals surface area (Å²) in [4.78, 5) is 11.8. The molecule has 0 bridgehead atoms. The molecule has 1 aliphatic heterocycles. The number of thioether (sulfide) groups is 1. The Bertz CT molecular complexity index is 372. The van der Waals surface area contributed by atoms with Crippen LogP contribution in [-0.4, -0.2) is 30.0 Å². The number of rotatable bonds is 4. The van der Waals surface area contributed by atoms with Gasteiger partial charge in [0.05, 0.1) is 12.2 Å². The molecule has 0 spiro atoms. The van der Waals surface area contributed by atoms with E-state index in [9.17, 15) is 4.79 Å². The lowest BCUT2D eigenvalue weighted by atomic mass is 10.2. The number of carbonyl (C=O) groups is 1. The maximum absolute atomic E-state index is 11.0. The van der Waals surface area contributed by atoms with Crippen LogP contribution in [0.15, 0.2) is 29.2 Å². The predicted octanol–water partition coefficient (Wildman–Crippen LogP) is 2.51. The van der Waals surface area contributed by atoms with E-state index in [1.165, 1.54) is 0 Å². The summed E-state index contributed by atoms with van der Waals surface area (Å²) in [6, 6.07) is 7.14. The van der Waals surface area contributed by atoms with Crippen LogP contribution in [0.5, 0.6) is 0 Å². The van der Waals surface area contributed by atoms with Gasteiger partial charge in [-0.15, -0.1) is 11.8 Å². The molecule has 1 N–H and O–H groups in total. The molecule has 0 aromatic heterocycles. The molecular weight excluding hydrogens is 224 g/mol. The van der Waals surface area contributed by atoms with E-state index in [1.807, 2.05) is 12.1 Å². The Balaban J connectivity index is 2.00. The third-order valence-electron chi connectivity index (χ3n) is 2.62. The van der Waals surface area contributed by atoms with Crippen LogP contribution in [-0.2, 0) is 4.74 Å². The zero-order chi connectivity index (χ0) is 11.4. The van der Waals surface area contributed by atoms with Crippen molar-refractivity contribution in [3.05, 3.63) is 29.8 Å². The fraction of sp³-hybridized carbons (Fsp3) is 0.417. The van der Waals surface area contributed by atoms with Gasteiger partial charge in [0.15, 0.2) is 0 Å². The molecule has 4 heteroatoms. The molecule has 1 aliphatic rings. The number of aromatic carboxylic acids is 1. The SMILES string of the molecule is O=C(O)c1ccccc1SCC1CCOC1. The highest BCUT2D eigenvalue weighted by Gasteiger charge is 2.17. The molecule has 1 heterocycles. The third kappa shape index (κ3) is 2.77. The fourth-order valence-electron chi connectivity index (χ4n) is 1.69. The van der Waals surface area contributed by atoms with E-state index >= 15 is 0 Å². The molecule has 0 aliphatic carbocycles. The number of benzene rings is 1. The Morgan fingerprint density at radius 1 is 1.50 bits per heavy atom. The van der Waals surface area contributed by atoms with Crippen LogP contribution >= 0.6 is 11.8 Å². The van der Waals surface area contributed by atoms with Crippen molar-refractivity contribution in [2.24, 2.45) is 5.92 Å². The van der Waals surface area contributed by atoms with Crippen LogP contribution in [0.4, 0.5) is 0 Å². The number of carboxylic acids is 1. The van der Waals surface area contributed by atoms with E-state index in [2.05, 4.69) is 0 Å². The molecule has 1 saturated heterocycles. The summed E-state index contributed by atoms with van der Waals surface area (Å²) < 4.78 is 5.29. The van der Waals surface area contributed by atoms with E-state index < -0.39 is 5.97 Å². The number of carboxylic acid groups (broad SMARTS) is 1. The molecule has 1 fully saturated rings. The van der Waals surface area contributed by atoms with Gasteiger partial charge < -0.3 is 9.84 Å². The topological polar surface area (TPSA) is 46.5 Å². The molecule has 0 saturated carbocycles. The van der Waals surface area contributed by atoms with Crippen molar-refractivity contribution in [3.63, 3.8) is 0 Å². The van der Waals surface area contributed by atoms with E-state index in [1.54, 1.807) is 23.9 Å². The molecule has 3 nitrogen and oxygen atoms in total. The third-order valence-corrected chi connectivity index (χ3v) is 3.92. The van der Waals surface area contributed by atoms with E-state index in [4.69, 9.17) is 9.84 Å². The molecule has 0 radical (unpaired) electrons. The minimum absolute atomic E-state index is 0.395. The highest BCUT2D eigenvalue weighted by atomic mass is 32.2. The zero-order valence-corrected chi connectivity index (χ0v) is 9.70. The summed E-state index contributed by atoms with van der Waals surface area (Å²) in [5, 5.41) is 9.02. The highest BCUT2D eigenvalue weighted by Crippen LogP contribution is 2.27. The van der Waals surface area contributed by atoms with Crippen molar-refractivity contribution in [1.29, 1.82) is 0 Å². The molecule has 1 unspecified atom stereocenters. The van der Waals surface area contributed by atoms with Crippen LogP contribution in [0.3, 0.4) is 0 Å². The Labute approximate surface area is 98.8 Å². The number of hydrogen-bond acceptors (Lipinski definition) is 3. The van der Waals surface area contributed by atoms with Gasteiger partial charge >= 0.3 is 5.97 Å². The van der Waals surface area contributed by atoms with Gasteiger partial charge in [-0.2, -0.15) is 0 Å². The van der Waals surface area contributed by atoms with Gasteiger partial charge in [-0.25, -0.2) is 4.79 Å². The molecule has 0 amide bonds. The van der Waals surface area contributed by atoms with Crippen molar-refractivity contribution in [2.45, 2.75) is 11.3 Å². The summed E-state index contributed by atoms with van der Waals surface area (Å²) in [5.74, 6) is 0.641. The normalized spacial score (nSPS) is 19.9. The average molecular weight is 238 g/mol. The van der Waals surface area contributed by atoms with Crippen LogP contribution in [0.2, 0.25) is 0 Å². The number of ether oxygens (including phenoxy) is 1. The van der Waals surface area contributed by atoms with E-state index in [0.29, 0.717) is 11.5 Å². The van der Waals surface area contributed by atoms with Gasteiger partial charge in [-0.1, -0.05) is 12.1 Å². The predicted molar refractivity (Wildman–Crippen MR) is 63.1 cm³/mol. The smallest absolute Gasteiger partial charge is 0.336 e. The minimum Gasteiger partial charge on any atom is -0.478 e. The molecule has 16 heavy (non-hydrogen) atoms. The summed E-state index contributed by atoms with van der Waals surface area (Å²) in [5.41, 5.74) is 0.395. The molecule has 1 atom stereocenters.